The van der Waals surface area contributed by atoms with Gasteiger partial charge in [-0.25, -0.2) is 17.5 Å². The standard InChI is InChI=1S/C17H26FNO3S/c1-5-6-7-10-23(20,21)19-14(4)15-8-9-16(18)17(11-15)22-12-13(2)3/h5-6,8-9,11,13-14,19H,7,10,12H2,1-4H3/b6-5+/t14-/m1/s1. The highest BCUT2D eigenvalue weighted by molar-refractivity contribution is 7.89. The van der Waals surface area contributed by atoms with Crippen LogP contribution in [0.2, 0.25) is 0 Å². The van der Waals surface area contributed by atoms with E-state index < -0.39 is 21.9 Å². The van der Waals surface area contributed by atoms with Crippen LogP contribution in [0.1, 0.15) is 45.7 Å². The Balaban J connectivity index is 2.79. The van der Waals surface area contributed by atoms with Gasteiger partial charge in [-0.3, -0.25) is 0 Å². The SMILES string of the molecule is C/C=C/CCS(=O)(=O)N[C@H](C)c1ccc(F)c(OCC(C)C)c1. The molecule has 0 saturated carbocycles. The van der Waals surface area contributed by atoms with Crippen molar-refractivity contribution in [1.29, 1.82) is 0 Å². The molecular formula is C17H26FNO3S. The lowest BCUT2D eigenvalue weighted by molar-refractivity contribution is 0.259. The van der Waals surface area contributed by atoms with Gasteiger partial charge in [0.05, 0.1) is 12.4 Å². The first kappa shape index (κ1) is 19.6. The molecule has 0 aliphatic rings. The van der Waals surface area contributed by atoms with Crippen LogP contribution in [0.25, 0.3) is 0 Å². The van der Waals surface area contributed by atoms with Gasteiger partial charge in [0.2, 0.25) is 10.0 Å². The van der Waals surface area contributed by atoms with Crippen molar-refractivity contribution in [2.75, 3.05) is 12.4 Å². The lowest BCUT2D eigenvalue weighted by atomic mass is 10.1. The highest BCUT2D eigenvalue weighted by Crippen LogP contribution is 2.24. The summed E-state index contributed by atoms with van der Waals surface area (Å²) in [6.45, 7) is 7.93. The summed E-state index contributed by atoms with van der Waals surface area (Å²) in [6.07, 6.45) is 4.08. The highest BCUT2D eigenvalue weighted by Gasteiger charge is 2.17. The third kappa shape index (κ3) is 7.14. The van der Waals surface area contributed by atoms with Crippen molar-refractivity contribution in [2.24, 2.45) is 5.92 Å². The van der Waals surface area contributed by atoms with Crippen molar-refractivity contribution in [3.8, 4) is 5.75 Å². The zero-order chi connectivity index (χ0) is 17.5. The number of nitrogens with one attached hydrogen (secondary N) is 1. The predicted octanol–water partition coefficient (Wildman–Crippen LogP) is 3.81. The van der Waals surface area contributed by atoms with E-state index in [4.69, 9.17) is 4.74 Å². The summed E-state index contributed by atoms with van der Waals surface area (Å²) in [6, 6.07) is 3.97. The molecule has 0 aliphatic carbocycles. The fourth-order valence-corrected chi connectivity index (χ4v) is 3.18. The molecule has 0 unspecified atom stereocenters. The Morgan fingerprint density at radius 1 is 1.30 bits per heavy atom. The average molecular weight is 343 g/mol. The van der Waals surface area contributed by atoms with Gasteiger partial charge in [-0.1, -0.05) is 32.1 Å². The maximum atomic E-state index is 13.8. The first-order chi connectivity index (χ1) is 10.7. The maximum absolute atomic E-state index is 13.8. The molecule has 6 heteroatoms. The van der Waals surface area contributed by atoms with Crippen molar-refractivity contribution in [3.63, 3.8) is 0 Å². The van der Waals surface area contributed by atoms with Crippen LogP contribution in [0.4, 0.5) is 4.39 Å². The van der Waals surface area contributed by atoms with Gasteiger partial charge in [-0.05, 0) is 43.9 Å². The largest absolute Gasteiger partial charge is 0.490 e. The van der Waals surface area contributed by atoms with E-state index >= 15 is 0 Å². The monoisotopic (exact) mass is 343 g/mol. The first-order valence-corrected chi connectivity index (χ1v) is 9.43. The van der Waals surface area contributed by atoms with Gasteiger partial charge in [-0.2, -0.15) is 0 Å². The van der Waals surface area contributed by atoms with Crippen LogP contribution in [-0.4, -0.2) is 20.8 Å². The van der Waals surface area contributed by atoms with Crippen LogP contribution in [0, 0.1) is 11.7 Å². The van der Waals surface area contributed by atoms with E-state index in [1.807, 2.05) is 26.8 Å². The molecule has 0 aromatic heterocycles. The molecule has 0 heterocycles. The van der Waals surface area contributed by atoms with Crippen molar-refractivity contribution < 1.29 is 17.5 Å². The fraction of sp³-hybridized carbons (Fsp3) is 0.529. The Morgan fingerprint density at radius 2 is 2.00 bits per heavy atom. The van der Waals surface area contributed by atoms with Crippen LogP contribution >= 0.6 is 0 Å². The zero-order valence-electron chi connectivity index (χ0n) is 14.2. The predicted molar refractivity (Wildman–Crippen MR) is 91.5 cm³/mol. The molecule has 0 radical (unpaired) electrons. The summed E-state index contributed by atoms with van der Waals surface area (Å²) in [4.78, 5) is 0. The van der Waals surface area contributed by atoms with E-state index in [2.05, 4.69) is 4.72 Å². The van der Waals surface area contributed by atoms with Crippen molar-refractivity contribution in [2.45, 2.75) is 40.2 Å². The summed E-state index contributed by atoms with van der Waals surface area (Å²) >= 11 is 0. The third-order valence-electron chi connectivity index (χ3n) is 3.17. The van der Waals surface area contributed by atoms with E-state index in [1.54, 1.807) is 25.1 Å². The number of hydrogen-bond donors (Lipinski definition) is 1. The molecule has 0 saturated heterocycles. The molecule has 0 bridgehead atoms. The summed E-state index contributed by atoms with van der Waals surface area (Å²) < 4.78 is 45.8. The Bertz CT molecular complexity index is 627. The normalized spacial score (nSPS) is 13.7. The second kappa shape index (κ2) is 9.03. The average Bonchev–Trinajstić information content (AvgIpc) is 2.45. The molecule has 23 heavy (non-hydrogen) atoms. The molecular weight excluding hydrogens is 317 g/mol. The number of allylic oxidation sites excluding steroid dienone is 2. The molecule has 4 nitrogen and oxygen atoms in total. The van der Waals surface area contributed by atoms with Gasteiger partial charge in [-0.15, -0.1) is 0 Å². The van der Waals surface area contributed by atoms with Gasteiger partial charge in [0.1, 0.15) is 0 Å². The van der Waals surface area contributed by atoms with Gasteiger partial charge in [0, 0.05) is 6.04 Å². The number of ether oxygens (including phenoxy) is 1. The summed E-state index contributed by atoms with van der Waals surface area (Å²) in [5.41, 5.74) is 0.666. The minimum atomic E-state index is -3.39. The Labute approximate surface area is 138 Å². The lowest BCUT2D eigenvalue weighted by Gasteiger charge is -2.16. The third-order valence-corrected chi connectivity index (χ3v) is 4.66. The number of benzene rings is 1. The molecule has 0 amide bonds. The van der Waals surface area contributed by atoms with Crippen LogP contribution in [0.5, 0.6) is 5.75 Å². The molecule has 1 N–H and O–H groups in total. The maximum Gasteiger partial charge on any atom is 0.212 e. The molecule has 0 aliphatic heterocycles. The second-order valence-electron chi connectivity index (χ2n) is 5.91. The van der Waals surface area contributed by atoms with Gasteiger partial charge in [0.15, 0.2) is 11.6 Å². The first-order valence-electron chi connectivity index (χ1n) is 7.78. The lowest BCUT2D eigenvalue weighted by Crippen LogP contribution is -2.29. The summed E-state index contributed by atoms with van der Waals surface area (Å²) in [5.74, 6) is 0.00820. The number of rotatable bonds is 9. The molecule has 0 fully saturated rings. The molecule has 1 aromatic carbocycles. The van der Waals surface area contributed by atoms with Crippen LogP contribution in [0.3, 0.4) is 0 Å². The molecule has 0 spiro atoms. The van der Waals surface area contributed by atoms with E-state index in [0.29, 0.717) is 18.6 Å². The van der Waals surface area contributed by atoms with Crippen molar-refractivity contribution >= 4 is 10.0 Å². The molecule has 130 valence electrons. The minimum Gasteiger partial charge on any atom is -0.490 e. The van der Waals surface area contributed by atoms with E-state index in [1.165, 1.54) is 6.07 Å². The molecule has 1 atom stereocenters. The zero-order valence-corrected chi connectivity index (χ0v) is 15.0. The van der Waals surface area contributed by atoms with Crippen LogP contribution < -0.4 is 9.46 Å². The molecule has 1 rings (SSSR count). The second-order valence-corrected chi connectivity index (χ2v) is 7.78. The highest BCUT2D eigenvalue weighted by atomic mass is 32.2. The Kier molecular flexibility index (Phi) is 7.72. The van der Waals surface area contributed by atoms with Gasteiger partial charge in [0.25, 0.3) is 0 Å². The van der Waals surface area contributed by atoms with Crippen LogP contribution in [0.15, 0.2) is 30.4 Å². The van der Waals surface area contributed by atoms with Crippen LogP contribution in [-0.2, 0) is 10.0 Å². The molecule has 1 aromatic rings. The smallest absolute Gasteiger partial charge is 0.212 e. The van der Waals surface area contributed by atoms with Gasteiger partial charge >= 0.3 is 0 Å². The minimum absolute atomic E-state index is 0.0274. The quantitative estimate of drug-likeness (QED) is 0.694. The summed E-state index contributed by atoms with van der Waals surface area (Å²) in [7, 11) is -3.39. The topological polar surface area (TPSA) is 55.4 Å². The van der Waals surface area contributed by atoms with E-state index in [9.17, 15) is 12.8 Å². The summed E-state index contributed by atoms with van der Waals surface area (Å²) in [5, 5.41) is 0. The van der Waals surface area contributed by atoms with Crippen molar-refractivity contribution in [1.82, 2.24) is 4.72 Å². The van der Waals surface area contributed by atoms with E-state index in [-0.39, 0.29) is 17.4 Å². The Hall–Kier alpha value is -1.40. The number of sulfonamides is 1. The fourth-order valence-electron chi connectivity index (χ4n) is 1.94. The number of hydrogen-bond acceptors (Lipinski definition) is 3. The number of halogens is 1. The van der Waals surface area contributed by atoms with Crippen molar-refractivity contribution in [3.05, 3.63) is 41.7 Å². The van der Waals surface area contributed by atoms with E-state index in [0.717, 1.165) is 0 Å². The van der Waals surface area contributed by atoms with Gasteiger partial charge < -0.3 is 4.74 Å². The Morgan fingerprint density at radius 3 is 2.61 bits per heavy atom.